The second-order valence-corrected chi connectivity index (χ2v) is 7.49. The van der Waals surface area contributed by atoms with E-state index in [2.05, 4.69) is 5.32 Å². The molecular formula is C12H19NO5S. The van der Waals surface area contributed by atoms with Crippen LogP contribution in [0, 0.1) is 5.92 Å². The van der Waals surface area contributed by atoms with Crippen LogP contribution in [0.25, 0.3) is 0 Å². The zero-order chi connectivity index (χ0) is 13.9. The number of carbonyl (C=O) groups excluding carboxylic acids is 2. The Morgan fingerprint density at radius 2 is 1.84 bits per heavy atom. The lowest BCUT2D eigenvalue weighted by Crippen LogP contribution is -2.38. The second kappa shape index (κ2) is 5.90. The van der Waals surface area contributed by atoms with Crippen LogP contribution in [0.4, 0.5) is 0 Å². The normalized spacial score (nSPS) is 26.2. The molecule has 0 radical (unpaired) electrons. The van der Waals surface area contributed by atoms with Gasteiger partial charge >= 0.3 is 5.97 Å². The molecule has 7 heteroatoms. The molecule has 2 aliphatic rings. The van der Waals surface area contributed by atoms with E-state index in [0.29, 0.717) is 6.42 Å². The number of hydrogen-bond donors (Lipinski definition) is 1. The van der Waals surface area contributed by atoms with Gasteiger partial charge in [0.25, 0.3) is 5.91 Å². The lowest BCUT2D eigenvalue weighted by atomic mass is 10.1. The Hall–Kier alpha value is -1.11. The van der Waals surface area contributed by atoms with E-state index in [1.54, 1.807) is 0 Å². The van der Waals surface area contributed by atoms with Crippen molar-refractivity contribution < 1.29 is 22.7 Å². The van der Waals surface area contributed by atoms with Crippen molar-refractivity contribution in [3.05, 3.63) is 0 Å². The van der Waals surface area contributed by atoms with Gasteiger partial charge in [-0.15, -0.1) is 0 Å². The fourth-order valence-corrected chi connectivity index (χ4v) is 4.27. The van der Waals surface area contributed by atoms with Crippen molar-refractivity contribution in [2.75, 3.05) is 18.1 Å². The van der Waals surface area contributed by atoms with Gasteiger partial charge in [-0.1, -0.05) is 12.8 Å². The molecule has 1 saturated heterocycles. The predicted octanol–water partition coefficient (Wildman–Crippen LogP) is 0.0231. The number of rotatable bonds is 4. The number of esters is 1. The van der Waals surface area contributed by atoms with Crippen molar-refractivity contribution in [1.82, 2.24) is 5.32 Å². The Morgan fingerprint density at radius 1 is 1.16 bits per heavy atom. The summed E-state index contributed by atoms with van der Waals surface area (Å²) in [6.45, 7) is -0.314. The summed E-state index contributed by atoms with van der Waals surface area (Å²) in [4.78, 5) is 23.1. The first-order chi connectivity index (χ1) is 8.96. The largest absolute Gasteiger partial charge is 0.455 e. The third-order valence-corrected chi connectivity index (χ3v) is 5.40. The Kier molecular flexibility index (Phi) is 4.44. The van der Waals surface area contributed by atoms with Crippen molar-refractivity contribution in [1.29, 1.82) is 0 Å². The Labute approximate surface area is 112 Å². The van der Waals surface area contributed by atoms with Crippen molar-refractivity contribution in [3.8, 4) is 0 Å². The van der Waals surface area contributed by atoms with E-state index in [1.807, 2.05) is 0 Å². The number of ether oxygens (including phenoxy) is 1. The molecule has 1 aliphatic heterocycles. The van der Waals surface area contributed by atoms with E-state index in [9.17, 15) is 18.0 Å². The summed E-state index contributed by atoms with van der Waals surface area (Å²) < 4.78 is 27.4. The molecule has 1 saturated carbocycles. The summed E-state index contributed by atoms with van der Waals surface area (Å²) in [6, 6.07) is -0.345. The summed E-state index contributed by atoms with van der Waals surface area (Å²) in [5, 5.41) is 2.59. The quantitative estimate of drug-likeness (QED) is 0.737. The van der Waals surface area contributed by atoms with Gasteiger partial charge in [-0.2, -0.15) is 0 Å². The molecule has 1 N–H and O–H groups in total. The van der Waals surface area contributed by atoms with E-state index < -0.39 is 15.7 Å². The number of nitrogens with one attached hydrogen (secondary N) is 1. The standard InChI is InChI=1S/C12H19NO5S/c14-11(13-10-5-6-19(16,17)8-10)7-18-12(15)9-3-1-2-4-9/h9-10H,1-8H2,(H,13,14)/t10-/m1/s1. The molecule has 2 fully saturated rings. The zero-order valence-corrected chi connectivity index (χ0v) is 11.6. The molecule has 0 spiro atoms. The maximum absolute atomic E-state index is 11.6. The Bertz CT molecular complexity index is 453. The fourth-order valence-electron chi connectivity index (χ4n) is 2.59. The van der Waals surface area contributed by atoms with Crippen molar-refractivity contribution in [3.63, 3.8) is 0 Å². The van der Waals surface area contributed by atoms with Gasteiger partial charge in [-0.05, 0) is 19.3 Å². The number of sulfone groups is 1. The van der Waals surface area contributed by atoms with Crippen LogP contribution in [0.3, 0.4) is 0 Å². The van der Waals surface area contributed by atoms with Crippen LogP contribution in [-0.4, -0.2) is 44.4 Å². The molecular weight excluding hydrogens is 270 g/mol. The van der Waals surface area contributed by atoms with E-state index in [-0.39, 0.29) is 36.0 Å². The molecule has 0 aromatic heterocycles. The van der Waals surface area contributed by atoms with Crippen molar-refractivity contribution >= 4 is 21.7 Å². The van der Waals surface area contributed by atoms with Gasteiger partial charge in [-0.25, -0.2) is 8.42 Å². The van der Waals surface area contributed by atoms with Crippen LogP contribution in [0.15, 0.2) is 0 Å². The Balaban J connectivity index is 1.68. The minimum atomic E-state index is -3.01. The van der Waals surface area contributed by atoms with E-state index in [1.165, 1.54) is 0 Å². The van der Waals surface area contributed by atoms with Gasteiger partial charge in [0, 0.05) is 6.04 Å². The summed E-state index contributed by atoms with van der Waals surface area (Å²) in [5.41, 5.74) is 0. The summed E-state index contributed by atoms with van der Waals surface area (Å²) in [5.74, 6) is -0.713. The van der Waals surface area contributed by atoms with E-state index in [0.717, 1.165) is 25.7 Å². The van der Waals surface area contributed by atoms with E-state index >= 15 is 0 Å². The molecule has 19 heavy (non-hydrogen) atoms. The van der Waals surface area contributed by atoms with E-state index in [4.69, 9.17) is 4.74 Å². The lowest BCUT2D eigenvalue weighted by Gasteiger charge is -2.12. The van der Waals surface area contributed by atoms with Gasteiger partial charge in [0.05, 0.1) is 17.4 Å². The van der Waals surface area contributed by atoms with Crippen LogP contribution in [-0.2, 0) is 24.2 Å². The molecule has 1 aliphatic carbocycles. The Morgan fingerprint density at radius 3 is 2.42 bits per heavy atom. The average molecular weight is 289 g/mol. The summed E-state index contributed by atoms with van der Waals surface area (Å²) >= 11 is 0. The predicted molar refractivity (Wildman–Crippen MR) is 68.1 cm³/mol. The van der Waals surface area contributed by atoms with Crippen LogP contribution in [0.1, 0.15) is 32.1 Å². The maximum atomic E-state index is 11.6. The zero-order valence-electron chi connectivity index (χ0n) is 10.8. The second-order valence-electron chi connectivity index (χ2n) is 5.26. The van der Waals surface area contributed by atoms with Gasteiger partial charge in [-0.3, -0.25) is 9.59 Å². The third kappa shape index (κ3) is 4.19. The topological polar surface area (TPSA) is 89.5 Å². The molecule has 1 heterocycles. The summed E-state index contributed by atoms with van der Waals surface area (Å²) in [6.07, 6.45) is 4.17. The molecule has 6 nitrogen and oxygen atoms in total. The molecule has 0 aromatic carbocycles. The highest BCUT2D eigenvalue weighted by atomic mass is 32.2. The molecule has 2 rings (SSSR count). The number of carbonyl (C=O) groups is 2. The third-order valence-electron chi connectivity index (χ3n) is 3.63. The fraction of sp³-hybridized carbons (Fsp3) is 0.833. The lowest BCUT2D eigenvalue weighted by molar-refractivity contribution is -0.152. The van der Waals surface area contributed by atoms with Crippen LogP contribution >= 0.6 is 0 Å². The van der Waals surface area contributed by atoms with Crippen LogP contribution < -0.4 is 5.32 Å². The summed E-state index contributed by atoms with van der Waals surface area (Å²) in [7, 11) is -3.01. The van der Waals surface area contributed by atoms with Crippen LogP contribution in [0.2, 0.25) is 0 Å². The van der Waals surface area contributed by atoms with Gasteiger partial charge in [0.1, 0.15) is 0 Å². The first-order valence-corrected chi connectivity index (χ1v) is 8.45. The minimum Gasteiger partial charge on any atom is -0.455 e. The minimum absolute atomic E-state index is 0.0185. The molecule has 0 bridgehead atoms. The SMILES string of the molecule is O=C(COC(=O)C1CCCC1)N[C@@H]1CCS(=O)(=O)C1. The highest BCUT2D eigenvalue weighted by Crippen LogP contribution is 2.25. The highest BCUT2D eigenvalue weighted by Gasteiger charge is 2.29. The smallest absolute Gasteiger partial charge is 0.309 e. The monoisotopic (exact) mass is 289 g/mol. The molecule has 0 unspecified atom stereocenters. The number of hydrogen-bond acceptors (Lipinski definition) is 5. The first-order valence-electron chi connectivity index (χ1n) is 6.63. The maximum Gasteiger partial charge on any atom is 0.309 e. The van der Waals surface area contributed by atoms with Gasteiger partial charge < -0.3 is 10.1 Å². The van der Waals surface area contributed by atoms with Crippen molar-refractivity contribution in [2.24, 2.45) is 5.92 Å². The first kappa shape index (κ1) is 14.3. The average Bonchev–Trinajstić information content (AvgIpc) is 2.96. The van der Waals surface area contributed by atoms with Crippen molar-refractivity contribution in [2.45, 2.75) is 38.1 Å². The number of amides is 1. The molecule has 1 amide bonds. The molecule has 1 atom stereocenters. The molecule has 0 aromatic rings. The van der Waals surface area contributed by atoms with Gasteiger partial charge in [0.2, 0.25) is 0 Å². The van der Waals surface area contributed by atoms with Crippen LogP contribution in [0.5, 0.6) is 0 Å². The van der Waals surface area contributed by atoms with Gasteiger partial charge in [0.15, 0.2) is 16.4 Å². The highest BCUT2D eigenvalue weighted by molar-refractivity contribution is 7.91. The molecule has 108 valence electrons.